The van der Waals surface area contributed by atoms with E-state index in [1.807, 2.05) is 0 Å². The molecule has 11 heteroatoms. The smallest absolute Gasteiger partial charge is 0.416 e. The molecule has 3 N–H and O–H groups in total. The number of ether oxygens (including phenoxy) is 2. The number of carbonyl (C=O) groups is 2. The van der Waals surface area contributed by atoms with E-state index in [2.05, 4.69) is 15.9 Å². The summed E-state index contributed by atoms with van der Waals surface area (Å²) in [5, 5.41) is 9.74. The number of hydrogen-bond acceptors (Lipinski definition) is 7. The molecular formula is C28H30BrF3N2O5. The van der Waals surface area contributed by atoms with E-state index in [1.54, 1.807) is 45.0 Å². The molecule has 0 bridgehead atoms. The van der Waals surface area contributed by atoms with Gasteiger partial charge in [0.2, 0.25) is 0 Å². The van der Waals surface area contributed by atoms with Crippen LogP contribution in [0.25, 0.3) is 0 Å². The zero-order chi connectivity index (χ0) is 29.1. The van der Waals surface area contributed by atoms with Gasteiger partial charge in [0.05, 0.1) is 35.3 Å². The van der Waals surface area contributed by atoms with Gasteiger partial charge in [-0.2, -0.15) is 13.2 Å². The number of rotatable bonds is 8. The molecule has 3 unspecified atom stereocenters. The van der Waals surface area contributed by atoms with Crippen LogP contribution in [0.15, 0.2) is 75.7 Å². The molecule has 1 aliphatic heterocycles. The van der Waals surface area contributed by atoms with Crippen molar-refractivity contribution in [2.24, 2.45) is 5.73 Å². The van der Waals surface area contributed by atoms with Crippen LogP contribution in [-0.4, -0.2) is 35.9 Å². The number of nitrogens with zero attached hydrogens (tertiary/aromatic N) is 1. The number of anilines is 1. The van der Waals surface area contributed by atoms with Gasteiger partial charge in [-0.3, -0.25) is 0 Å². The zero-order valence-corrected chi connectivity index (χ0v) is 23.5. The summed E-state index contributed by atoms with van der Waals surface area (Å²) in [6.45, 7) is 6.31. The number of carbonyl (C=O) groups excluding carboxylic acids is 2. The number of hydrogen-bond donors (Lipinski definition) is 2. The first kappa shape index (κ1) is 30.2. The predicted molar refractivity (Wildman–Crippen MR) is 143 cm³/mol. The van der Waals surface area contributed by atoms with Gasteiger partial charge in [-0.05, 0) is 63.6 Å². The Kier molecular flexibility index (Phi) is 9.50. The molecule has 0 aromatic heterocycles. The maximum Gasteiger partial charge on any atom is 0.416 e. The molecule has 0 spiro atoms. The molecule has 2 aromatic rings. The molecule has 0 saturated heterocycles. The van der Waals surface area contributed by atoms with Crippen LogP contribution in [0, 0.1) is 0 Å². The van der Waals surface area contributed by atoms with Crippen molar-refractivity contribution in [2.75, 3.05) is 11.5 Å². The molecule has 210 valence electrons. The average Bonchev–Trinajstić information content (AvgIpc) is 2.83. The Morgan fingerprint density at radius 3 is 2.31 bits per heavy atom. The summed E-state index contributed by atoms with van der Waals surface area (Å²) in [5.74, 6) is -2.86. The van der Waals surface area contributed by atoms with Gasteiger partial charge in [0.25, 0.3) is 0 Å². The van der Waals surface area contributed by atoms with Crippen molar-refractivity contribution in [3.05, 3.63) is 86.8 Å². The maximum atomic E-state index is 13.7. The van der Waals surface area contributed by atoms with Crippen molar-refractivity contribution in [2.45, 2.75) is 58.4 Å². The molecule has 39 heavy (non-hydrogen) atoms. The summed E-state index contributed by atoms with van der Waals surface area (Å²) in [6.07, 6.45) is -5.97. The lowest BCUT2D eigenvalue weighted by atomic mass is 9.80. The number of esters is 2. The fourth-order valence-electron chi connectivity index (χ4n) is 4.54. The molecule has 2 aromatic carbocycles. The van der Waals surface area contributed by atoms with E-state index in [4.69, 9.17) is 15.2 Å². The molecule has 0 aliphatic carbocycles. The van der Waals surface area contributed by atoms with Crippen molar-refractivity contribution < 1.29 is 37.3 Å². The number of aliphatic hydroxyl groups is 1. The Morgan fingerprint density at radius 2 is 1.74 bits per heavy atom. The highest BCUT2D eigenvalue weighted by Gasteiger charge is 2.42. The first-order valence-electron chi connectivity index (χ1n) is 12.3. The summed E-state index contributed by atoms with van der Waals surface area (Å²) in [6, 6.07) is 11.2. The second kappa shape index (κ2) is 12.3. The molecule has 0 saturated carbocycles. The lowest BCUT2D eigenvalue weighted by Gasteiger charge is -2.37. The van der Waals surface area contributed by atoms with Crippen LogP contribution in [0.5, 0.6) is 0 Å². The first-order valence-corrected chi connectivity index (χ1v) is 13.0. The molecule has 3 rings (SSSR count). The summed E-state index contributed by atoms with van der Waals surface area (Å²) in [5.41, 5.74) is 6.23. The summed E-state index contributed by atoms with van der Waals surface area (Å²) in [4.78, 5) is 28.2. The van der Waals surface area contributed by atoms with Gasteiger partial charge in [-0.1, -0.05) is 34.1 Å². The molecule has 7 nitrogen and oxygen atoms in total. The largest absolute Gasteiger partial charge is 0.463 e. The minimum absolute atomic E-state index is 0.00166. The number of aliphatic hydroxyl groups excluding tert-OH is 1. The number of benzene rings is 2. The van der Waals surface area contributed by atoms with Crippen LogP contribution >= 0.6 is 15.9 Å². The van der Waals surface area contributed by atoms with Crippen molar-refractivity contribution >= 4 is 33.6 Å². The number of alkyl halides is 3. The van der Waals surface area contributed by atoms with Crippen molar-refractivity contribution in [3.8, 4) is 0 Å². The lowest BCUT2D eigenvalue weighted by molar-refractivity contribution is -0.145. The van der Waals surface area contributed by atoms with E-state index in [0.29, 0.717) is 5.56 Å². The Labute approximate surface area is 233 Å². The third-order valence-electron chi connectivity index (χ3n) is 6.15. The third kappa shape index (κ3) is 6.83. The van der Waals surface area contributed by atoms with E-state index in [-0.39, 0.29) is 41.4 Å². The lowest BCUT2D eigenvalue weighted by Crippen LogP contribution is -2.40. The normalized spacial score (nSPS) is 17.7. The topological polar surface area (TPSA) is 102 Å². The van der Waals surface area contributed by atoms with E-state index in [0.717, 1.165) is 16.6 Å². The van der Waals surface area contributed by atoms with Gasteiger partial charge in [0.15, 0.2) is 0 Å². The average molecular weight is 611 g/mol. The number of allylic oxidation sites excluding steroid dienone is 1. The van der Waals surface area contributed by atoms with Crippen LogP contribution < -0.4 is 10.6 Å². The number of halogens is 4. The Bertz CT molecular complexity index is 1290. The molecule has 3 atom stereocenters. The highest BCUT2D eigenvalue weighted by molar-refractivity contribution is 9.10. The van der Waals surface area contributed by atoms with Gasteiger partial charge < -0.3 is 25.2 Å². The summed E-state index contributed by atoms with van der Waals surface area (Å²) in [7, 11) is 0. The molecule has 1 heterocycles. The molecule has 1 aliphatic rings. The highest BCUT2D eigenvalue weighted by Crippen LogP contribution is 2.44. The van der Waals surface area contributed by atoms with Crippen molar-refractivity contribution in [1.29, 1.82) is 0 Å². The van der Waals surface area contributed by atoms with Crippen molar-refractivity contribution in [1.82, 2.24) is 0 Å². The van der Waals surface area contributed by atoms with Crippen LogP contribution in [0.2, 0.25) is 0 Å². The van der Waals surface area contributed by atoms with Crippen LogP contribution in [0.4, 0.5) is 18.9 Å². The Hall–Kier alpha value is -3.31. The fourth-order valence-corrected chi connectivity index (χ4v) is 4.80. The molecule has 0 radical (unpaired) electrons. The van der Waals surface area contributed by atoms with E-state index in [9.17, 15) is 27.9 Å². The standard InChI is InChI=1S/C28H30BrF3N2O5/c1-5-38-26(36)22-17(4)34(21-8-6-7-19(14-21)28(30,31)32)25(33)24(27(37)39-16(3)13-15(2)35)23(22)18-9-11-20(29)12-10-18/h6-12,14-16,23,35H,5,13,33H2,1-4H3. The second-order valence-corrected chi connectivity index (χ2v) is 10.1. The monoisotopic (exact) mass is 610 g/mol. The highest BCUT2D eigenvalue weighted by atomic mass is 79.9. The Balaban J connectivity index is 2.30. The van der Waals surface area contributed by atoms with Crippen molar-refractivity contribution in [3.63, 3.8) is 0 Å². The van der Waals surface area contributed by atoms with E-state index >= 15 is 0 Å². The number of nitrogens with two attached hydrogens (primary N) is 1. The van der Waals surface area contributed by atoms with Gasteiger partial charge in [-0.25, -0.2) is 9.59 Å². The van der Waals surface area contributed by atoms with Gasteiger partial charge in [0, 0.05) is 22.3 Å². The van der Waals surface area contributed by atoms with Crippen LogP contribution in [0.1, 0.15) is 51.2 Å². The molecular weight excluding hydrogens is 581 g/mol. The molecule has 0 fully saturated rings. The quantitative estimate of drug-likeness (QED) is 0.365. The van der Waals surface area contributed by atoms with Gasteiger partial charge in [-0.15, -0.1) is 0 Å². The summed E-state index contributed by atoms with van der Waals surface area (Å²) >= 11 is 3.37. The van der Waals surface area contributed by atoms with Crippen LogP contribution in [-0.2, 0) is 25.2 Å². The van der Waals surface area contributed by atoms with E-state index < -0.39 is 41.8 Å². The van der Waals surface area contributed by atoms with E-state index in [1.165, 1.54) is 24.0 Å². The predicted octanol–water partition coefficient (Wildman–Crippen LogP) is 5.78. The Morgan fingerprint density at radius 1 is 1.10 bits per heavy atom. The SMILES string of the molecule is CCOC(=O)C1=C(C)N(c2cccc(C(F)(F)F)c2)C(N)=C(C(=O)OC(C)CC(C)O)C1c1ccc(Br)cc1. The first-order chi connectivity index (χ1) is 18.3. The minimum Gasteiger partial charge on any atom is -0.463 e. The fraction of sp³-hybridized carbons (Fsp3) is 0.357. The minimum atomic E-state index is -4.63. The third-order valence-corrected chi connectivity index (χ3v) is 6.68. The van der Waals surface area contributed by atoms with Crippen LogP contribution in [0.3, 0.4) is 0 Å². The second-order valence-electron chi connectivity index (χ2n) is 9.19. The molecule has 0 amide bonds. The van der Waals surface area contributed by atoms with Gasteiger partial charge >= 0.3 is 18.1 Å². The maximum absolute atomic E-state index is 13.7. The zero-order valence-electron chi connectivity index (χ0n) is 21.9. The summed E-state index contributed by atoms with van der Waals surface area (Å²) < 4.78 is 52.3. The van der Waals surface area contributed by atoms with Gasteiger partial charge in [0.1, 0.15) is 11.9 Å².